The van der Waals surface area contributed by atoms with E-state index in [1.54, 1.807) is 0 Å². The Morgan fingerprint density at radius 1 is 1.20 bits per heavy atom. The van der Waals surface area contributed by atoms with Gasteiger partial charge in [-0.2, -0.15) is 13.2 Å². The average molecular weight is 352 g/mol. The summed E-state index contributed by atoms with van der Waals surface area (Å²) in [5.74, 6) is -0.0916. The van der Waals surface area contributed by atoms with E-state index in [9.17, 15) is 23.1 Å². The summed E-state index contributed by atoms with van der Waals surface area (Å²) in [4.78, 5) is 12.4. The van der Waals surface area contributed by atoms with Gasteiger partial charge in [0.05, 0.1) is 5.56 Å². The summed E-state index contributed by atoms with van der Waals surface area (Å²) in [7, 11) is 0. The number of rotatable bonds is 6. The van der Waals surface area contributed by atoms with Crippen molar-refractivity contribution in [2.75, 3.05) is 0 Å². The van der Waals surface area contributed by atoms with Gasteiger partial charge in [-0.3, -0.25) is 0 Å². The molecule has 3 nitrogen and oxygen atoms in total. The second-order valence-electron chi connectivity index (χ2n) is 6.49. The first kappa shape index (κ1) is 17.6. The lowest BCUT2D eigenvalue weighted by molar-refractivity contribution is -0.135. The molecule has 1 heterocycles. The van der Waals surface area contributed by atoms with Crippen LogP contribution in [0.25, 0.3) is 0 Å². The van der Waals surface area contributed by atoms with E-state index in [-0.39, 0.29) is 41.8 Å². The van der Waals surface area contributed by atoms with Crippen LogP contribution >= 0.6 is 0 Å². The van der Waals surface area contributed by atoms with Gasteiger partial charge in [0, 0.05) is 24.8 Å². The van der Waals surface area contributed by atoms with E-state index in [1.807, 2.05) is 30.3 Å². The van der Waals surface area contributed by atoms with Gasteiger partial charge in [-0.15, -0.1) is 0 Å². The quantitative estimate of drug-likeness (QED) is 0.814. The molecule has 1 saturated carbocycles. The van der Waals surface area contributed by atoms with Crippen molar-refractivity contribution in [1.29, 1.82) is 0 Å². The van der Waals surface area contributed by atoms with E-state index < -0.39 is 18.2 Å². The van der Waals surface area contributed by atoms with Crippen molar-refractivity contribution in [3.05, 3.63) is 63.7 Å². The molecule has 0 unspecified atom stereocenters. The molecule has 1 atom stereocenters. The van der Waals surface area contributed by atoms with Crippen LogP contribution in [0.15, 0.2) is 45.6 Å². The molecule has 0 amide bonds. The lowest BCUT2D eigenvalue weighted by Gasteiger charge is -2.17. The average Bonchev–Trinajstić information content (AvgIpc) is 3.35. The first-order valence-corrected chi connectivity index (χ1v) is 8.33. The Morgan fingerprint density at radius 3 is 2.44 bits per heavy atom. The van der Waals surface area contributed by atoms with Crippen molar-refractivity contribution in [1.82, 2.24) is 0 Å². The van der Waals surface area contributed by atoms with E-state index in [2.05, 4.69) is 0 Å². The zero-order valence-corrected chi connectivity index (χ0v) is 13.6. The van der Waals surface area contributed by atoms with Gasteiger partial charge in [0.15, 0.2) is 0 Å². The minimum atomic E-state index is -4.24. The molecule has 2 aromatic rings. The van der Waals surface area contributed by atoms with Crippen LogP contribution in [0.5, 0.6) is 5.75 Å². The van der Waals surface area contributed by atoms with Gasteiger partial charge in [-0.1, -0.05) is 30.3 Å². The summed E-state index contributed by atoms with van der Waals surface area (Å²) in [5.41, 5.74) is 0.466. The summed E-state index contributed by atoms with van der Waals surface area (Å²) < 4.78 is 41.9. The lowest BCUT2D eigenvalue weighted by atomic mass is 9.87. The second kappa shape index (κ2) is 6.94. The third-order valence-corrected chi connectivity index (χ3v) is 4.46. The largest absolute Gasteiger partial charge is 0.507 e. The highest BCUT2D eigenvalue weighted by molar-refractivity contribution is 5.41. The minimum absolute atomic E-state index is 0.0397. The SMILES string of the molecule is O=c1oc(CCCC(F)(F)F)cc(O)c1[C@@H](c1ccccc1)C1CC1. The zero-order valence-electron chi connectivity index (χ0n) is 13.6. The van der Waals surface area contributed by atoms with Crippen LogP contribution < -0.4 is 5.63 Å². The Kier molecular flexibility index (Phi) is 4.88. The number of hydrogen-bond donors (Lipinski definition) is 1. The molecule has 0 spiro atoms. The molecule has 6 heteroatoms. The third kappa shape index (κ3) is 4.44. The number of alkyl halides is 3. The molecule has 1 aromatic heterocycles. The molecule has 1 aromatic carbocycles. The van der Waals surface area contributed by atoms with E-state index in [1.165, 1.54) is 6.07 Å². The van der Waals surface area contributed by atoms with Crippen molar-refractivity contribution in [2.24, 2.45) is 5.92 Å². The van der Waals surface area contributed by atoms with Crippen molar-refractivity contribution in [2.45, 2.75) is 44.2 Å². The maximum Gasteiger partial charge on any atom is 0.389 e. The predicted molar refractivity (Wildman–Crippen MR) is 86.6 cm³/mol. The number of hydrogen-bond acceptors (Lipinski definition) is 3. The van der Waals surface area contributed by atoms with Gasteiger partial charge in [0.25, 0.3) is 0 Å². The van der Waals surface area contributed by atoms with Gasteiger partial charge >= 0.3 is 11.8 Å². The highest BCUT2D eigenvalue weighted by atomic mass is 19.4. The van der Waals surface area contributed by atoms with Crippen LogP contribution in [0, 0.1) is 5.92 Å². The Labute approximate surface area is 143 Å². The van der Waals surface area contributed by atoms with Crippen LogP contribution in [0.4, 0.5) is 13.2 Å². The first-order valence-electron chi connectivity index (χ1n) is 8.33. The van der Waals surface area contributed by atoms with Crippen LogP contribution in [0.1, 0.15) is 48.5 Å². The van der Waals surface area contributed by atoms with Gasteiger partial charge in [0.1, 0.15) is 11.5 Å². The molecule has 1 fully saturated rings. The maximum atomic E-state index is 12.4. The Hall–Kier alpha value is -2.24. The first-order chi connectivity index (χ1) is 11.8. The van der Waals surface area contributed by atoms with Gasteiger partial charge in [-0.25, -0.2) is 4.79 Å². The number of aromatic hydroxyl groups is 1. The molecule has 0 aliphatic heterocycles. The zero-order chi connectivity index (χ0) is 18.0. The van der Waals surface area contributed by atoms with E-state index in [0.29, 0.717) is 0 Å². The maximum absolute atomic E-state index is 12.4. The van der Waals surface area contributed by atoms with Crippen molar-refractivity contribution in [3.8, 4) is 5.75 Å². The Balaban J connectivity index is 1.85. The Bertz CT molecular complexity index is 777. The fourth-order valence-corrected chi connectivity index (χ4v) is 3.18. The smallest absolute Gasteiger partial charge is 0.389 e. The van der Waals surface area contributed by atoms with Crippen LogP contribution in [-0.2, 0) is 6.42 Å². The lowest BCUT2D eigenvalue weighted by Crippen LogP contribution is -2.16. The topological polar surface area (TPSA) is 50.4 Å². The highest BCUT2D eigenvalue weighted by Gasteiger charge is 2.37. The highest BCUT2D eigenvalue weighted by Crippen LogP contribution is 2.47. The molecule has 0 bridgehead atoms. The molecule has 1 aliphatic rings. The second-order valence-corrected chi connectivity index (χ2v) is 6.49. The van der Waals surface area contributed by atoms with Gasteiger partial charge in [0.2, 0.25) is 0 Å². The molecule has 3 rings (SSSR count). The molecule has 1 N–H and O–H groups in total. The Morgan fingerprint density at radius 2 is 1.88 bits per heavy atom. The number of aryl methyl sites for hydroxylation is 1. The fraction of sp³-hybridized carbons (Fsp3) is 0.421. The molecule has 0 saturated heterocycles. The molecule has 0 radical (unpaired) electrons. The number of halogens is 3. The van der Waals surface area contributed by atoms with E-state index in [0.717, 1.165) is 18.4 Å². The summed E-state index contributed by atoms with van der Waals surface area (Å²) in [6.07, 6.45) is -3.49. The van der Waals surface area contributed by atoms with Crippen LogP contribution in [-0.4, -0.2) is 11.3 Å². The third-order valence-electron chi connectivity index (χ3n) is 4.46. The summed E-state index contributed by atoms with van der Waals surface area (Å²) in [6, 6.07) is 10.7. The normalized spacial score (nSPS) is 16.0. The summed E-state index contributed by atoms with van der Waals surface area (Å²) >= 11 is 0. The number of benzene rings is 1. The van der Waals surface area contributed by atoms with Crippen LogP contribution in [0.2, 0.25) is 0 Å². The molecular weight excluding hydrogens is 333 g/mol. The van der Waals surface area contributed by atoms with Crippen LogP contribution in [0.3, 0.4) is 0 Å². The fourth-order valence-electron chi connectivity index (χ4n) is 3.18. The van der Waals surface area contributed by atoms with Gasteiger partial charge in [-0.05, 0) is 30.7 Å². The predicted octanol–water partition coefficient (Wildman–Crippen LogP) is 4.77. The summed E-state index contributed by atoms with van der Waals surface area (Å²) in [6.45, 7) is 0. The molecule has 1 aliphatic carbocycles. The van der Waals surface area contributed by atoms with Crippen molar-refractivity contribution < 1.29 is 22.7 Å². The molecule has 25 heavy (non-hydrogen) atoms. The van der Waals surface area contributed by atoms with Crippen molar-refractivity contribution >= 4 is 0 Å². The molecule has 134 valence electrons. The van der Waals surface area contributed by atoms with E-state index >= 15 is 0 Å². The standard InChI is InChI=1S/C19H19F3O3/c20-19(21,22)10-4-7-14-11-15(23)17(18(24)25-14)16(13-8-9-13)12-5-2-1-3-6-12/h1-3,5-6,11,13,16,23H,4,7-10H2/t16-/m0/s1. The minimum Gasteiger partial charge on any atom is -0.507 e. The molecular formula is C19H19F3O3. The van der Waals surface area contributed by atoms with Crippen molar-refractivity contribution in [3.63, 3.8) is 0 Å². The summed E-state index contributed by atoms with van der Waals surface area (Å²) in [5, 5.41) is 10.4. The van der Waals surface area contributed by atoms with Gasteiger partial charge < -0.3 is 9.52 Å². The van der Waals surface area contributed by atoms with E-state index in [4.69, 9.17) is 4.42 Å². The monoisotopic (exact) mass is 352 g/mol.